The molecule has 1 nitrogen and oxygen atoms in total. The predicted octanol–water partition coefficient (Wildman–Crippen LogP) is 3.42. The van der Waals surface area contributed by atoms with E-state index in [9.17, 15) is 0 Å². The van der Waals surface area contributed by atoms with E-state index in [1.807, 2.05) is 18.3 Å². The number of halogens is 2. The van der Waals surface area contributed by atoms with Crippen LogP contribution in [0.25, 0.3) is 10.8 Å². The Bertz CT molecular complexity index is 389. The monoisotopic (exact) mass is 243 g/mol. The van der Waals surface area contributed by atoms with Gasteiger partial charge in [-0.3, -0.25) is 4.98 Å². The second kappa shape index (κ2) is 3.87. The van der Waals surface area contributed by atoms with Crippen LogP contribution in [0.3, 0.4) is 0 Å². The van der Waals surface area contributed by atoms with Gasteiger partial charge in [0.15, 0.2) is 0 Å². The summed E-state index contributed by atoms with van der Waals surface area (Å²) in [5.74, 6) is 0. The van der Waals surface area contributed by atoms with Crippen molar-refractivity contribution in [2.75, 3.05) is 0 Å². The first-order valence-electron chi connectivity index (χ1n) is 3.35. The minimum Gasteiger partial charge on any atom is -0.264 e. The number of rotatable bonds is 0. The van der Waals surface area contributed by atoms with Crippen molar-refractivity contribution >= 4 is 39.1 Å². The molecule has 1 aromatic carbocycles. The van der Waals surface area contributed by atoms with Crippen LogP contribution < -0.4 is 0 Å². The summed E-state index contributed by atoms with van der Waals surface area (Å²) in [4.78, 5) is 4.03. The number of benzene rings is 1. The Morgan fingerprint density at radius 1 is 1.08 bits per heavy atom. The summed E-state index contributed by atoms with van der Waals surface area (Å²) < 4.78 is 1.10. The molecule has 0 spiro atoms. The SMILES string of the molecule is Brc1ccc2ccncc2c1.Cl. The maximum atomic E-state index is 4.03. The van der Waals surface area contributed by atoms with Gasteiger partial charge in [0, 0.05) is 22.3 Å². The zero-order valence-corrected chi connectivity index (χ0v) is 8.60. The van der Waals surface area contributed by atoms with Crippen LogP contribution in [-0.4, -0.2) is 4.98 Å². The van der Waals surface area contributed by atoms with Gasteiger partial charge in [-0.1, -0.05) is 22.0 Å². The Balaban J connectivity index is 0.000000720. The topological polar surface area (TPSA) is 12.9 Å². The molecule has 2 aromatic rings. The molecule has 0 unspecified atom stereocenters. The molecule has 3 heteroatoms. The quantitative estimate of drug-likeness (QED) is 0.692. The molecule has 0 saturated heterocycles. The van der Waals surface area contributed by atoms with Crippen LogP contribution in [0.1, 0.15) is 0 Å². The molecule has 0 aliphatic rings. The van der Waals surface area contributed by atoms with Crippen LogP contribution in [-0.2, 0) is 0 Å². The third kappa shape index (κ3) is 1.76. The van der Waals surface area contributed by atoms with E-state index in [-0.39, 0.29) is 12.4 Å². The summed E-state index contributed by atoms with van der Waals surface area (Å²) in [5.41, 5.74) is 0. The van der Waals surface area contributed by atoms with Crippen LogP contribution in [0.4, 0.5) is 0 Å². The zero-order chi connectivity index (χ0) is 7.68. The molecule has 0 fully saturated rings. The van der Waals surface area contributed by atoms with Gasteiger partial charge in [-0.2, -0.15) is 0 Å². The fraction of sp³-hybridized carbons (Fsp3) is 0. The molecule has 12 heavy (non-hydrogen) atoms. The smallest absolute Gasteiger partial charge is 0.0346 e. The molecule has 1 heterocycles. The molecule has 2 rings (SSSR count). The lowest BCUT2D eigenvalue weighted by Gasteiger charge is -1.95. The molecule has 1 aromatic heterocycles. The Morgan fingerprint density at radius 3 is 2.75 bits per heavy atom. The summed E-state index contributed by atoms with van der Waals surface area (Å²) in [7, 11) is 0. The molecule has 0 atom stereocenters. The van der Waals surface area contributed by atoms with Gasteiger partial charge in [0.25, 0.3) is 0 Å². The summed E-state index contributed by atoms with van der Waals surface area (Å²) >= 11 is 3.40. The van der Waals surface area contributed by atoms with Crippen LogP contribution >= 0.6 is 28.3 Å². The van der Waals surface area contributed by atoms with Crippen molar-refractivity contribution in [2.45, 2.75) is 0 Å². The van der Waals surface area contributed by atoms with Gasteiger partial charge in [-0.15, -0.1) is 12.4 Å². The van der Waals surface area contributed by atoms with Gasteiger partial charge in [0.1, 0.15) is 0 Å². The van der Waals surface area contributed by atoms with Gasteiger partial charge < -0.3 is 0 Å². The summed E-state index contributed by atoms with van der Waals surface area (Å²) in [5, 5.41) is 2.39. The fourth-order valence-electron chi connectivity index (χ4n) is 1.06. The molecule has 62 valence electrons. The van der Waals surface area contributed by atoms with Crippen molar-refractivity contribution in [3.63, 3.8) is 0 Å². The van der Waals surface area contributed by atoms with E-state index >= 15 is 0 Å². The molecule has 0 aliphatic heterocycles. The summed E-state index contributed by atoms with van der Waals surface area (Å²) in [6.07, 6.45) is 3.66. The second-order valence-corrected chi connectivity index (χ2v) is 3.28. The van der Waals surface area contributed by atoms with E-state index in [4.69, 9.17) is 0 Å². The Hall–Kier alpha value is -0.600. The first kappa shape index (κ1) is 9.49. The number of fused-ring (bicyclic) bond motifs is 1. The average molecular weight is 245 g/mol. The summed E-state index contributed by atoms with van der Waals surface area (Å²) in [6.45, 7) is 0. The Kier molecular flexibility index (Phi) is 3.06. The molecule has 0 N–H and O–H groups in total. The minimum absolute atomic E-state index is 0. The van der Waals surface area contributed by atoms with Crippen LogP contribution in [0.2, 0.25) is 0 Å². The molecule has 0 amide bonds. The molecular formula is C9H7BrClN. The van der Waals surface area contributed by atoms with Crippen molar-refractivity contribution in [1.29, 1.82) is 0 Å². The van der Waals surface area contributed by atoms with Gasteiger partial charge >= 0.3 is 0 Å². The lowest BCUT2D eigenvalue weighted by Crippen LogP contribution is -1.73. The van der Waals surface area contributed by atoms with Gasteiger partial charge in [-0.25, -0.2) is 0 Å². The van der Waals surface area contributed by atoms with E-state index in [1.165, 1.54) is 10.8 Å². The lowest BCUT2D eigenvalue weighted by molar-refractivity contribution is 1.36. The van der Waals surface area contributed by atoms with Crippen molar-refractivity contribution in [2.24, 2.45) is 0 Å². The van der Waals surface area contributed by atoms with Crippen LogP contribution in [0.5, 0.6) is 0 Å². The highest BCUT2D eigenvalue weighted by Gasteiger charge is 1.91. The lowest BCUT2D eigenvalue weighted by atomic mass is 10.2. The van der Waals surface area contributed by atoms with E-state index in [2.05, 4.69) is 33.0 Å². The molecule has 0 saturated carbocycles. The maximum Gasteiger partial charge on any atom is 0.0346 e. The van der Waals surface area contributed by atoms with Gasteiger partial charge in [-0.05, 0) is 23.6 Å². The number of nitrogens with zero attached hydrogens (tertiary/aromatic N) is 1. The highest BCUT2D eigenvalue weighted by Crippen LogP contribution is 2.17. The predicted molar refractivity (Wildman–Crippen MR) is 56.7 cm³/mol. The number of aromatic nitrogens is 1. The highest BCUT2D eigenvalue weighted by atomic mass is 79.9. The Morgan fingerprint density at radius 2 is 1.92 bits per heavy atom. The molecule has 0 radical (unpaired) electrons. The number of hydrogen-bond donors (Lipinski definition) is 0. The highest BCUT2D eigenvalue weighted by molar-refractivity contribution is 9.10. The molecule has 0 bridgehead atoms. The maximum absolute atomic E-state index is 4.03. The van der Waals surface area contributed by atoms with E-state index < -0.39 is 0 Å². The van der Waals surface area contributed by atoms with Crippen molar-refractivity contribution in [1.82, 2.24) is 4.98 Å². The molecule has 0 aliphatic carbocycles. The fourth-order valence-corrected chi connectivity index (χ4v) is 1.43. The van der Waals surface area contributed by atoms with Crippen LogP contribution in [0.15, 0.2) is 41.1 Å². The number of hydrogen-bond acceptors (Lipinski definition) is 1. The zero-order valence-electron chi connectivity index (χ0n) is 6.20. The third-order valence-corrected chi connectivity index (χ3v) is 2.10. The first-order chi connectivity index (χ1) is 5.36. The number of pyridine rings is 1. The Labute approximate surface area is 85.4 Å². The van der Waals surface area contributed by atoms with Crippen molar-refractivity contribution < 1.29 is 0 Å². The molecular weight excluding hydrogens is 237 g/mol. The average Bonchev–Trinajstić information content (AvgIpc) is 2.04. The van der Waals surface area contributed by atoms with Gasteiger partial charge in [0.05, 0.1) is 0 Å². The van der Waals surface area contributed by atoms with Gasteiger partial charge in [0.2, 0.25) is 0 Å². The minimum atomic E-state index is 0. The van der Waals surface area contributed by atoms with E-state index in [0.29, 0.717) is 0 Å². The van der Waals surface area contributed by atoms with Crippen molar-refractivity contribution in [3.05, 3.63) is 41.1 Å². The van der Waals surface area contributed by atoms with Crippen molar-refractivity contribution in [3.8, 4) is 0 Å². The standard InChI is InChI=1S/C9H6BrN.ClH/c10-9-2-1-7-3-4-11-6-8(7)5-9;/h1-6H;1H. The normalized spacial score (nSPS) is 9.42. The second-order valence-electron chi connectivity index (χ2n) is 2.37. The largest absolute Gasteiger partial charge is 0.264 e. The van der Waals surface area contributed by atoms with Crippen LogP contribution in [0, 0.1) is 0 Å². The first-order valence-corrected chi connectivity index (χ1v) is 4.15. The van der Waals surface area contributed by atoms with E-state index in [0.717, 1.165) is 4.47 Å². The third-order valence-electron chi connectivity index (χ3n) is 1.60. The summed E-state index contributed by atoms with van der Waals surface area (Å²) in [6, 6.07) is 8.16. The van der Waals surface area contributed by atoms with E-state index in [1.54, 1.807) is 6.20 Å².